The molecule has 0 bridgehead atoms. The number of nitrogens with one attached hydrogen (secondary N) is 1. The van der Waals surface area contributed by atoms with Gasteiger partial charge in [-0.25, -0.2) is 4.39 Å². The van der Waals surface area contributed by atoms with Crippen molar-refractivity contribution in [1.29, 1.82) is 0 Å². The first-order valence-electron chi connectivity index (χ1n) is 8.92. The van der Waals surface area contributed by atoms with Gasteiger partial charge < -0.3 is 10.2 Å². The van der Waals surface area contributed by atoms with Crippen molar-refractivity contribution >= 4 is 23.1 Å². The number of carbonyl (C=O) groups is 1. The van der Waals surface area contributed by atoms with Crippen molar-refractivity contribution in [2.75, 3.05) is 23.3 Å². The lowest BCUT2D eigenvalue weighted by atomic mass is 9.96. The molecule has 1 saturated heterocycles. The first-order chi connectivity index (χ1) is 13.8. The number of carbonyl (C=O) groups excluding carboxylic acids is 1. The topological polar surface area (TPSA) is 75.4 Å². The molecule has 0 spiro atoms. The standard InChI is InChI=1S/C18H16F4N6O/c19-12-2-1-3-13(10-12)23-16(29)11-6-8-27(9-7-11)15-5-4-14-24-25-17(18(20,21)22)28(14)26-15/h1-5,10-11H,6-9H2,(H,23,29). The average Bonchev–Trinajstić information content (AvgIpc) is 3.12. The molecular weight excluding hydrogens is 392 g/mol. The molecule has 3 aromatic rings. The van der Waals surface area contributed by atoms with E-state index in [2.05, 4.69) is 20.6 Å². The number of amides is 1. The fourth-order valence-corrected chi connectivity index (χ4v) is 3.31. The van der Waals surface area contributed by atoms with Crippen molar-refractivity contribution < 1.29 is 22.4 Å². The fraction of sp³-hybridized carbons (Fsp3) is 0.333. The molecule has 1 amide bonds. The zero-order chi connectivity index (χ0) is 20.6. The molecule has 4 rings (SSSR count). The summed E-state index contributed by atoms with van der Waals surface area (Å²) in [4.78, 5) is 14.2. The van der Waals surface area contributed by atoms with Gasteiger partial charge in [-0.3, -0.25) is 4.79 Å². The highest BCUT2D eigenvalue weighted by Gasteiger charge is 2.38. The van der Waals surface area contributed by atoms with Crippen molar-refractivity contribution in [2.45, 2.75) is 19.0 Å². The minimum Gasteiger partial charge on any atom is -0.355 e. The van der Waals surface area contributed by atoms with Crippen molar-refractivity contribution in [3.8, 4) is 0 Å². The maximum Gasteiger partial charge on any atom is 0.453 e. The van der Waals surface area contributed by atoms with E-state index < -0.39 is 17.8 Å². The van der Waals surface area contributed by atoms with Crippen molar-refractivity contribution in [3.63, 3.8) is 0 Å². The van der Waals surface area contributed by atoms with Crippen LogP contribution in [0.4, 0.5) is 29.1 Å². The van der Waals surface area contributed by atoms with E-state index in [1.165, 1.54) is 24.3 Å². The van der Waals surface area contributed by atoms with Gasteiger partial charge in [0.2, 0.25) is 5.91 Å². The second kappa shape index (κ2) is 7.30. The summed E-state index contributed by atoms with van der Waals surface area (Å²) in [6, 6.07) is 8.65. The predicted molar refractivity (Wildman–Crippen MR) is 95.8 cm³/mol. The number of fused-ring (bicyclic) bond motifs is 1. The number of anilines is 2. The zero-order valence-corrected chi connectivity index (χ0v) is 15.0. The van der Waals surface area contributed by atoms with E-state index in [9.17, 15) is 22.4 Å². The van der Waals surface area contributed by atoms with Crippen LogP contribution in [0.1, 0.15) is 18.7 Å². The number of benzene rings is 1. The summed E-state index contributed by atoms with van der Waals surface area (Å²) in [5.74, 6) is -1.76. The average molecular weight is 408 g/mol. The van der Waals surface area contributed by atoms with Crippen molar-refractivity contribution in [3.05, 3.63) is 48.0 Å². The number of aromatic nitrogens is 4. The van der Waals surface area contributed by atoms with Crippen LogP contribution in [0.2, 0.25) is 0 Å². The van der Waals surface area contributed by atoms with Gasteiger partial charge >= 0.3 is 6.18 Å². The molecule has 0 radical (unpaired) electrons. The first-order valence-corrected chi connectivity index (χ1v) is 8.92. The summed E-state index contributed by atoms with van der Waals surface area (Å²) in [6.07, 6.45) is -3.67. The van der Waals surface area contributed by atoms with Crippen LogP contribution in [0.5, 0.6) is 0 Å². The van der Waals surface area contributed by atoms with E-state index in [1.807, 2.05) is 4.90 Å². The largest absolute Gasteiger partial charge is 0.453 e. The molecule has 1 aromatic carbocycles. The predicted octanol–water partition coefficient (Wildman–Crippen LogP) is 3.14. The summed E-state index contributed by atoms with van der Waals surface area (Å²) in [5, 5.41) is 13.4. The number of rotatable bonds is 3. The normalized spacial score (nSPS) is 15.7. The van der Waals surface area contributed by atoms with E-state index in [-0.39, 0.29) is 17.5 Å². The first kappa shape index (κ1) is 19.1. The molecule has 7 nitrogen and oxygen atoms in total. The second-order valence-corrected chi connectivity index (χ2v) is 6.74. The lowest BCUT2D eigenvalue weighted by molar-refractivity contribution is -0.146. The Bertz CT molecular complexity index is 1040. The summed E-state index contributed by atoms with van der Waals surface area (Å²) in [6.45, 7) is 0.895. The lowest BCUT2D eigenvalue weighted by Gasteiger charge is -2.32. The zero-order valence-electron chi connectivity index (χ0n) is 15.0. The van der Waals surface area contributed by atoms with Crippen LogP contribution < -0.4 is 10.2 Å². The van der Waals surface area contributed by atoms with Gasteiger partial charge in [0.25, 0.3) is 5.82 Å². The maximum absolute atomic E-state index is 13.2. The van der Waals surface area contributed by atoms with Gasteiger partial charge in [0.1, 0.15) is 11.6 Å². The Balaban J connectivity index is 1.43. The third-order valence-electron chi connectivity index (χ3n) is 4.78. The number of alkyl halides is 3. The molecule has 29 heavy (non-hydrogen) atoms. The second-order valence-electron chi connectivity index (χ2n) is 6.74. The van der Waals surface area contributed by atoms with Crippen LogP contribution >= 0.6 is 0 Å². The van der Waals surface area contributed by atoms with Crippen LogP contribution in [0.15, 0.2) is 36.4 Å². The Morgan fingerprint density at radius 3 is 2.55 bits per heavy atom. The van der Waals surface area contributed by atoms with E-state index >= 15 is 0 Å². The smallest absolute Gasteiger partial charge is 0.355 e. The van der Waals surface area contributed by atoms with Gasteiger partial charge in [0.15, 0.2) is 5.65 Å². The van der Waals surface area contributed by atoms with Crippen LogP contribution in [0.25, 0.3) is 5.65 Å². The Kier molecular flexibility index (Phi) is 4.81. The highest BCUT2D eigenvalue weighted by molar-refractivity contribution is 5.92. The monoisotopic (exact) mass is 408 g/mol. The van der Waals surface area contributed by atoms with Crippen LogP contribution in [-0.2, 0) is 11.0 Å². The van der Waals surface area contributed by atoms with Crippen LogP contribution in [-0.4, -0.2) is 38.8 Å². The Morgan fingerprint density at radius 1 is 1.10 bits per heavy atom. The SMILES string of the molecule is O=C(Nc1cccc(F)c1)C1CCN(c2ccc3nnc(C(F)(F)F)n3n2)CC1. The minimum absolute atomic E-state index is 0.00503. The molecule has 11 heteroatoms. The Hall–Kier alpha value is -3.24. The molecule has 0 unspecified atom stereocenters. The molecular formula is C18H16F4N6O. The molecule has 0 saturated carbocycles. The Morgan fingerprint density at radius 2 is 1.86 bits per heavy atom. The number of nitrogens with zero attached hydrogens (tertiary/aromatic N) is 5. The van der Waals surface area contributed by atoms with E-state index in [1.54, 1.807) is 12.1 Å². The molecule has 1 aliphatic rings. The third kappa shape index (κ3) is 3.98. The van der Waals surface area contributed by atoms with E-state index in [4.69, 9.17) is 0 Å². The van der Waals surface area contributed by atoms with Gasteiger partial charge in [-0.2, -0.15) is 17.7 Å². The third-order valence-corrected chi connectivity index (χ3v) is 4.78. The lowest BCUT2D eigenvalue weighted by Crippen LogP contribution is -2.38. The van der Waals surface area contributed by atoms with Gasteiger partial charge in [0.05, 0.1) is 0 Å². The number of halogens is 4. The molecule has 1 fully saturated rings. The molecule has 3 heterocycles. The quantitative estimate of drug-likeness (QED) is 0.674. The van der Waals surface area contributed by atoms with Crippen molar-refractivity contribution in [1.82, 2.24) is 19.8 Å². The van der Waals surface area contributed by atoms with Crippen molar-refractivity contribution in [2.24, 2.45) is 5.92 Å². The summed E-state index contributed by atoms with van der Waals surface area (Å²) in [7, 11) is 0. The molecule has 1 aliphatic heterocycles. The number of piperidine rings is 1. The number of hydrogen-bond donors (Lipinski definition) is 1. The Labute approximate surface area is 162 Å². The van der Waals surface area contributed by atoms with Gasteiger partial charge in [-0.1, -0.05) is 6.07 Å². The highest BCUT2D eigenvalue weighted by Crippen LogP contribution is 2.29. The highest BCUT2D eigenvalue weighted by atomic mass is 19.4. The molecule has 0 aliphatic carbocycles. The maximum atomic E-state index is 13.2. The van der Waals surface area contributed by atoms with Gasteiger partial charge in [-0.05, 0) is 43.2 Å². The van der Waals surface area contributed by atoms with Crippen LogP contribution in [0, 0.1) is 11.7 Å². The van der Waals surface area contributed by atoms with E-state index in [0.717, 1.165) is 0 Å². The molecule has 0 atom stereocenters. The number of hydrogen-bond acceptors (Lipinski definition) is 5. The van der Waals surface area contributed by atoms with Gasteiger partial charge in [0, 0.05) is 24.7 Å². The van der Waals surface area contributed by atoms with E-state index in [0.29, 0.717) is 42.0 Å². The minimum atomic E-state index is -4.66. The molecule has 1 N–H and O–H groups in total. The van der Waals surface area contributed by atoms with Crippen LogP contribution in [0.3, 0.4) is 0 Å². The summed E-state index contributed by atoms with van der Waals surface area (Å²) >= 11 is 0. The molecule has 152 valence electrons. The molecule has 2 aromatic heterocycles. The summed E-state index contributed by atoms with van der Waals surface area (Å²) in [5.41, 5.74) is 0.391. The summed E-state index contributed by atoms with van der Waals surface area (Å²) < 4.78 is 53.0. The fourth-order valence-electron chi connectivity index (χ4n) is 3.31. The van der Waals surface area contributed by atoms with Gasteiger partial charge in [-0.15, -0.1) is 15.3 Å².